The molecule has 1 aliphatic heterocycles. The first-order chi connectivity index (χ1) is 12.3. The Morgan fingerprint density at radius 1 is 1.15 bits per heavy atom. The molecule has 6 heteroatoms. The van der Waals surface area contributed by atoms with E-state index in [9.17, 15) is 13.2 Å². The number of ether oxygens (including phenoxy) is 1. The summed E-state index contributed by atoms with van der Waals surface area (Å²) in [6, 6.07) is 15.0. The zero-order valence-electron chi connectivity index (χ0n) is 14.8. The maximum Gasteiger partial charge on any atom is 0.425 e. The van der Waals surface area contributed by atoms with Crippen LogP contribution in [-0.4, -0.2) is 24.9 Å². The van der Waals surface area contributed by atoms with Gasteiger partial charge in [0.15, 0.2) is 0 Å². The minimum Gasteiger partial charge on any atom is -0.437 e. The van der Waals surface area contributed by atoms with Gasteiger partial charge in [-0.15, -0.1) is 6.58 Å². The van der Waals surface area contributed by atoms with Gasteiger partial charge in [0.2, 0.25) is 0 Å². The Kier molecular flexibility index (Phi) is 4.63. The van der Waals surface area contributed by atoms with Gasteiger partial charge in [-0.1, -0.05) is 54.1 Å². The number of aryl methyl sites for hydroxylation is 1. The van der Waals surface area contributed by atoms with Crippen molar-refractivity contribution in [3.63, 3.8) is 0 Å². The summed E-state index contributed by atoms with van der Waals surface area (Å²) in [7, 11) is -4.03. The highest BCUT2D eigenvalue weighted by Gasteiger charge is 2.47. The first kappa shape index (κ1) is 18.2. The van der Waals surface area contributed by atoms with Gasteiger partial charge in [-0.3, -0.25) is 0 Å². The van der Waals surface area contributed by atoms with Crippen LogP contribution in [0.2, 0.25) is 0 Å². The van der Waals surface area contributed by atoms with Crippen molar-refractivity contribution in [2.24, 2.45) is 0 Å². The number of nitrogens with zero attached hydrogens (tertiary/aromatic N) is 1. The molecule has 0 aromatic heterocycles. The first-order valence-corrected chi connectivity index (χ1v) is 9.74. The Morgan fingerprint density at radius 3 is 2.35 bits per heavy atom. The lowest BCUT2D eigenvalue weighted by Crippen LogP contribution is -2.53. The second kappa shape index (κ2) is 6.61. The quantitative estimate of drug-likeness (QED) is 0.762. The standard InChI is InChI=1S/C20H21NO4S/c1-4-17-14-20(3,16-8-6-5-7-9-16)25-19(22)21(17)26(23,24)18-12-10-15(2)11-13-18/h4-13,17H,1,14H2,2-3H3/t17-,20+/m1/s1. The molecule has 1 amide bonds. The summed E-state index contributed by atoms with van der Waals surface area (Å²) >= 11 is 0. The van der Waals surface area contributed by atoms with Gasteiger partial charge in [0.1, 0.15) is 5.60 Å². The van der Waals surface area contributed by atoms with Crippen LogP contribution in [0.4, 0.5) is 4.79 Å². The van der Waals surface area contributed by atoms with Gasteiger partial charge in [-0.2, -0.15) is 4.31 Å². The largest absolute Gasteiger partial charge is 0.437 e. The highest BCUT2D eigenvalue weighted by molar-refractivity contribution is 7.89. The SMILES string of the molecule is C=C[C@@H]1C[C@@](C)(c2ccccc2)OC(=O)N1S(=O)(=O)c1ccc(C)cc1. The van der Waals surface area contributed by atoms with Gasteiger partial charge in [0.25, 0.3) is 10.0 Å². The number of carbonyl (C=O) groups excluding carboxylic acids is 1. The van der Waals surface area contributed by atoms with E-state index in [0.29, 0.717) is 0 Å². The molecule has 0 unspecified atom stereocenters. The zero-order valence-corrected chi connectivity index (χ0v) is 15.6. The smallest absolute Gasteiger partial charge is 0.425 e. The molecule has 2 aromatic rings. The summed E-state index contributed by atoms with van der Waals surface area (Å²) in [5, 5.41) is 0. The molecule has 0 spiro atoms. The number of amides is 1. The predicted octanol–water partition coefficient (Wildman–Crippen LogP) is 4.00. The fraction of sp³-hybridized carbons (Fsp3) is 0.250. The summed E-state index contributed by atoms with van der Waals surface area (Å²) in [6.45, 7) is 7.38. The molecule has 0 bridgehead atoms. The summed E-state index contributed by atoms with van der Waals surface area (Å²) in [5.41, 5.74) is 0.825. The van der Waals surface area contributed by atoms with E-state index in [2.05, 4.69) is 6.58 Å². The Morgan fingerprint density at radius 2 is 1.77 bits per heavy atom. The maximum atomic E-state index is 13.0. The third-order valence-corrected chi connectivity index (χ3v) is 6.43. The van der Waals surface area contributed by atoms with Crippen molar-refractivity contribution in [2.75, 3.05) is 0 Å². The average Bonchev–Trinajstić information content (AvgIpc) is 2.62. The van der Waals surface area contributed by atoms with Crippen LogP contribution in [-0.2, 0) is 20.4 Å². The molecule has 2 aromatic carbocycles. The molecule has 1 heterocycles. The van der Waals surface area contributed by atoms with Crippen molar-refractivity contribution in [2.45, 2.75) is 36.8 Å². The van der Waals surface area contributed by atoms with E-state index in [-0.39, 0.29) is 11.3 Å². The lowest BCUT2D eigenvalue weighted by atomic mass is 9.88. The van der Waals surface area contributed by atoms with E-state index in [1.165, 1.54) is 18.2 Å². The van der Waals surface area contributed by atoms with Crippen LogP contribution >= 0.6 is 0 Å². The van der Waals surface area contributed by atoms with Crippen molar-refractivity contribution in [1.82, 2.24) is 4.31 Å². The van der Waals surface area contributed by atoms with Crippen molar-refractivity contribution in [1.29, 1.82) is 0 Å². The predicted molar refractivity (Wildman–Crippen MR) is 99.1 cm³/mol. The maximum absolute atomic E-state index is 13.0. The van der Waals surface area contributed by atoms with E-state index >= 15 is 0 Å². The van der Waals surface area contributed by atoms with Crippen LogP contribution in [0.3, 0.4) is 0 Å². The van der Waals surface area contributed by atoms with Crippen LogP contribution in [0, 0.1) is 6.92 Å². The number of hydrogen-bond donors (Lipinski definition) is 0. The van der Waals surface area contributed by atoms with Crippen LogP contribution in [0.5, 0.6) is 0 Å². The van der Waals surface area contributed by atoms with Crippen LogP contribution < -0.4 is 0 Å². The van der Waals surface area contributed by atoms with E-state index in [1.54, 1.807) is 19.1 Å². The number of rotatable bonds is 4. The molecule has 2 atom stereocenters. The van der Waals surface area contributed by atoms with Crippen LogP contribution in [0.15, 0.2) is 72.1 Å². The van der Waals surface area contributed by atoms with Crippen molar-refractivity contribution < 1.29 is 17.9 Å². The molecule has 0 saturated carbocycles. The first-order valence-electron chi connectivity index (χ1n) is 8.30. The van der Waals surface area contributed by atoms with Crippen molar-refractivity contribution in [3.05, 3.63) is 78.4 Å². The highest BCUT2D eigenvalue weighted by Crippen LogP contribution is 2.39. The van der Waals surface area contributed by atoms with E-state index in [1.807, 2.05) is 37.3 Å². The molecular weight excluding hydrogens is 350 g/mol. The van der Waals surface area contributed by atoms with Gasteiger partial charge in [0.05, 0.1) is 10.9 Å². The minimum atomic E-state index is -4.03. The molecule has 0 N–H and O–H groups in total. The summed E-state index contributed by atoms with van der Waals surface area (Å²) in [5.74, 6) is 0. The number of carbonyl (C=O) groups is 1. The van der Waals surface area contributed by atoms with Gasteiger partial charge >= 0.3 is 6.09 Å². The second-order valence-electron chi connectivity index (χ2n) is 6.59. The normalized spacial score (nSPS) is 23.4. The van der Waals surface area contributed by atoms with E-state index in [4.69, 9.17) is 4.74 Å². The van der Waals surface area contributed by atoms with Gasteiger partial charge in [-0.05, 0) is 31.5 Å². The van der Waals surface area contributed by atoms with E-state index in [0.717, 1.165) is 15.4 Å². The molecule has 3 rings (SSSR count). The number of hydrogen-bond acceptors (Lipinski definition) is 4. The molecule has 5 nitrogen and oxygen atoms in total. The van der Waals surface area contributed by atoms with Crippen LogP contribution in [0.25, 0.3) is 0 Å². The monoisotopic (exact) mass is 371 g/mol. The van der Waals surface area contributed by atoms with Gasteiger partial charge in [-0.25, -0.2) is 13.2 Å². The number of benzene rings is 2. The number of sulfonamides is 1. The Labute approximate surface area is 154 Å². The summed E-state index contributed by atoms with van der Waals surface area (Å²) in [4.78, 5) is 12.8. The van der Waals surface area contributed by atoms with Crippen molar-refractivity contribution in [3.8, 4) is 0 Å². The minimum absolute atomic E-state index is 0.0511. The highest BCUT2D eigenvalue weighted by atomic mass is 32.2. The topological polar surface area (TPSA) is 63.7 Å². The van der Waals surface area contributed by atoms with E-state index < -0.39 is 27.8 Å². The Bertz CT molecular complexity index is 922. The van der Waals surface area contributed by atoms with Crippen LogP contribution in [0.1, 0.15) is 24.5 Å². The summed E-state index contributed by atoms with van der Waals surface area (Å²) in [6.07, 6.45) is 0.873. The fourth-order valence-electron chi connectivity index (χ4n) is 3.14. The lowest BCUT2D eigenvalue weighted by Gasteiger charge is -2.42. The third-order valence-electron chi connectivity index (χ3n) is 4.63. The number of cyclic esters (lactones) is 1. The molecule has 0 radical (unpaired) electrons. The summed E-state index contributed by atoms with van der Waals surface area (Å²) < 4.78 is 32.4. The Balaban J connectivity index is 1.99. The molecule has 1 fully saturated rings. The van der Waals surface area contributed by atoms with Gasteiger partial charge in [0, 0.05) is 6.42 Å². The molecule has 136 valence electrons. The molecular formula is C20H21NO4S. The molecule has 0 aliphatic carbocycles. The van der Waals surface area contributed by atoms with Gasteiger partial charge < -0.3 is 4.74 Å². The van der Waals surface area contributed by atoms with Crippen molar-refractivity contribution >= 4 is 16.1 Å². The molecule has 26 heavy (non-hydrogen) atoms. The molecule has 1 aliphatic rings. The lowest BCUT2D eigenvalue weighted by molar-refractivity contribution is -0.0344. The zero-order chi connectivity index (χ0) is 18.9. The Hall–Kier alpha value is -2.60. The fourth-order valence-corrected chi connectivity index (χ4v) is 4.60. The average molecular weight is 371 g/mol. The third kappa shape index (κ3) is 3.12. The molecule has 1 saturated heterocycles. The second-order valence-corrected chi connectivity index (χ2v) is 8.40.